The topological polar surface area (TPSA) is 74.0 Å². The quantitative estimate of drug-likeness (QED) is 0.415. The molecule has 0 fully saturated rings. The number of thioether (sulfide) groups is 1. The molecule has 1 aromatic heterocycles. The Morgan fingerprint density at radius 3 is 2.37 bits per heavy atom. The number of phenols is 1. The van der Waals surface area contributed by atoms with Gasteiger partial charge in [0.2, 0.25) is 5.79 Å². The molecule has 6 nitrogen and oxygen atoms in total. The average molecular weight is 498 g/mol. The van der Waals surface area contributed by atoms with E-state index >= 15 is 0 Å². The summed E-state index contributed by atoms with van der Waals surface area (Å²) in [7, 11) is 0. The predicted molar refractivity (Wildman–Crippen MR) is 138 cm³/mol. The zero-order chi connectivity index (χ0) is 25.5. The summed E-state index contributed by atoms with van der Waals surface area (Å²) in [6, 6.07) is 8.06. The van der Waals surface area contributed by atoms with Gasteiger partial charge in [0.15, 0.2) is 22.9 Å². The van der Waals surface area contributed by atoms with Crippen LogP contribution in [0.25, 0.3) is 0 Å². The third-order valence-electron chi connectivity index (χ3n) is 6.45. The molecule has 35 heavy (non-hydrogen) atoms. The Balaban J connectivity index is 0.00000141. The third kappa shape index (κ3) is 4.70. The van der Waals surface area contributed by atoms with Gasteiger partial charge in [-0.05, 0) is 69.4 Å². The first-order valence-corrected chi connectivity index (χ1v) is 13.2. The number of aromatic nitrogens is 1. The predicted octanol–water partition coefficient (Wildman–Crippen LogP) is 7.02. The van der Waals surface area contributed by atoms with Gasteiger partial charge in [-0.3, -0.25) is 0 Å². The summed E-state index contributed by atoms with van der Waals surface area (Å²) in [6.45, 7) is 15.7. The van der Waals surface area contributed by atoms with Crippen molar-refractivity contribution in [3.63, 3.8) is 0 Å². The number of ether oxygens (including phenoxy) is 3. The molecule has 0 spiro atoms. The summed E-state index contributed by atoms with van der Waals surface area (Å²) >= 11 is 1.69. The largest absolute Gasteiger partial charge is 0.507 e. The van der Waals surface area contributed by atoms with E-state index in [0.29, 0.717) is 17.3 Å². The highest BCUT2D eigenvalue weighted by Crippen LogP contribution is 2.50. The maximum atomic E-state index is 10.4. The Bertz CT molecular complexity index is 1250. The van der Waals surface area contributed by atoms with E-state index in [4.69, 9.17) is 18.7 Å². The lowest BCUT2D eigenvalue weighted by Gasteiger charge is -2.35. The fraction of sp³-hybridized carbons (Fsp3) is 0.464. The number of hydrogen-bond acceptors (Lipinski definition) is 7. The van der Waals surface area contributed by atoms with Crippen LogP contribution in [0.5, 0.6) is 23.0 Å². The second-order valence-corrected chi connectivity index (χ2v) is 10.6. The van der Waals surface area contributed by atoms with Crippen molar-refractivity contribution >= 4 is 11.8 Å². The molecular weight excluding hydrogens is 462 g/mol. The highest BCUT2D eigenvalue weighted by Gasteiger charge is 2.40. The number of rotatable bonds is 4. The molecule has 2 aliphatic rings. The Labute approximate surface area is 212 Å². The van der Waals surface area contributed by atoms with Gasteiger partial charge in [0.25, 0.3) is 0 Å². The van der Waals surface area contributed by atoms with Gasteiger partial charge in [0.1, 0.15) is 11.5 Å². The summed E-state index contributed by atoms with van der Waals surface area (Å²) in [5.74, 6) is 3.50. The van der Waals surface area contributed by atoms with Crippen LogP contribution in [-0.4, -0.2) is 21.8 Å². The first-order valence-electron chi connectivity index (χ1n) is 12.2. The van der Waals surface area contributed by atoms with Crippen molar-refractivity contribution in [1.82, 2.24) is 5.16 Å². The number of hydrogen-bond donors (Lipinski definition) is 1. The van der Waals surface area contributed by atoms with Crippen molar-refractivity contribution in [1.29, 1.82) is 0 Å². The van der Waals surface area contributed by atoms with Crippen LogP contribution in [0.2, 0.25) is 0 Å². The van der Waals surface area contributed by atoms with Crippen LogP contribution in [-0.2, 0) is 18.4 Å². The van der Waals surface area contributed by atoms with Gasteiger partial charge in [-0.2, -0.15) is 0 Å². The van der Waals surface area contributed by atoms with Gasteiger partial charge in [-0.25, -0.2) is 0 Å². The minimum Gasteiger partial charge on any atom is -0.507 e. The molecule has 3 aromatic rings. The van der Waals surface area contributed by atoms with E-state index in [1.165, 1.54) is 0 Å². The smallest absolute Gasteiger partial charge is 0.246 e. The summed E-state index contributed by atoms with van der Waals surface area (Å²) in [4.78, 5) is 0.999. The lowest BCUT2D eigenvalue weighted by molar-refractivity contribution is -0.0431. The van der Waals surface area contributed by atoms with Gasteiger partial charge in [0.05, 0.1) is 10.6 Å². The zero-order valence-corrected chi connectivity index (χ0v) is 22.7. The van der Waals surface area contributed by atoms with Crippen LogP contribution in [0.1, 0.15) is 68.3 Å². The van der Waals surface area contributed by atoms with Crippen LogP contribution in [0.4, 0.5) is 0 Å². The molecular formula is C28H35NO5S. The molecule has 2 aliphatic heterocycles. The molecule has 3 heterocycles. The molecule has 2 aromatic carbocycles. The van der Waals surface area contributed by atoms with Crippen molar-refractivity contribution in [2.45, 2.75) is 84.5 Å². The molecule has 188 valence electrons. The lowest BCUT2D eigenvalue weighted by Crippen LogP contribution is -2.35. The van der Waals surface area contributed by atoms with Crippen LogP contribution < -0.4 is 14.2 Å². The average Bonchev–Trinajstić information content (AvgIpc) is 3.44. The minimum atomic E-state index is -0.631. The highest BCUT2D eigenvalue weighted by atomic mass is 32.2. The summed E-state index contributed by atoms with van der Waals surface area (Å²) in [5, 5.41) is 14.7. The van der Waals surface area contributed by atoms with Crippen LogP contribution in [0.3, 0.4) is 0 Å². The highest BCUT2D eigenvalue weighted by molar-refractivity contribution is 7.99. The fourth-order valence-electron chi connectivity index (χ4n) is 4.33. The first-order chi connectivity index (χ1) is 16.6. The number of phenolic OH excluding ortho intramolecular Hbond substituents is 1. The first kappa shape index (κ1) is 25.3. The summed E-state index contributed by atoms with van der Waals surface area (Å²) in [5.41, 5.74) is 4.08. The van der Waals surface area contributed by atoms with Gasteiger partial charge in [-0.15, -0.1) is 11.8 Å². The van der Waals surface area contributed by atoms with Crippen molar-refractivity contribution in [3.05, 3.63) is 58.0 Å². The van der Waals surface area contributed by atoms with Gasteiger partial charge in [0, 0.05) is 31.2 Å². The Morgan fingerprint density at radius 2 is 1.63 bits per heavy atom. The number of aryl methyl sites for hydroxylation is 2. The van der Waals surface area contributed by atoms with Crippen LogP contribution in [0, 0.1) is 20.8 Å². The summed E-state index contributed by atoms with van der Waals surface area (Å²) < 4.78 is 23.9. The van der Waals surface area contributed by atoms with Gasteiger partial charge in [-0.1, -0.05) is 25.1 Å². The molecule has 7 heteroatoms. The molecule has 1 unspecified atom stereocenters. The number of fused-ring (bicyclic) bond motifs is 2. The van der Waals surface area contributed by atoms with E-state index < -0.39 is 11.4 Å². The van der Waals surface area contributed by atoms with E-state index in [2.05, 4.69) is 11.2 Å². The SMILES string of the molecule is CC.Cc1c(C)c2c(c(C)c1O)SCC(C)(c1cc(CCc3ccc4c(c3)OC(C)(C)O4)no1)O2. The Kier molecular flexibility index (Phi) is 6.75. The Hall–Kier alpha value is -2.80. The van der Waals surface area contributed by atoms with Crippen molar-refractivity contribution < 1.29 is 23.8 Å². The molecule has 1 N–H and O–H groups in total. The van der Waals surface area contributed by atoms with E-state index in [1.54, 1.807) is 11.8 Å². The molecule has 1 atom stereocenters. The number of aromatic hydroxyl groups is 1. The van der Waals surface area contributed by atoms with Crippen LogP contribution in [0.15, 0.2) is 33.7 Å². The molecule has 0 saturated carbocycles. The summed E-state index contributed by atoms with van der Waals surface area (Å²) in [6.07, 6.45) is 1.56. The number of nitrogens with zero attached hydrogens (tertiary/aromatic N) is 1. The molecule has 0 aliphatic carbocycles. The molecule has 0 radical (unpaired) electrons. The van der Waals surface area contributed by atoms with Crippen molar-refractivity contribution in [2.75, 3.05) is 5.75 Å². The van der Waals surface area contributed by atoms with E-state index in [0.717, 1.165) is 62.9 Å². The molecule has 5 rings (SSSR count). The minimum absolute atomic E-state index is 0.347. The maximum absolute atomic E-state index is 10.4. The normalized spacial score (nSPS) is 19.4. The third-order valence-corrected chi connectivity index (χ3v) is 7.92. The molecule has 0 amide bonds. The van der Waals surface area contributed by atoms with Gasteiger partial charge >= 0.3 is 0 Å². The number of benzene rings is 2. The van der Waals surface area contributed by atoms with Crippen LogP contribution >= 0.6 is 11.8 Å². The second-order valence-electron chi connectivity index (χ2n) is 9.57. The van der Waals surface area contributed by atoms with E-state index in [-0.39, 0.29) is 0 Å². The maximum Gasteiger partial charge on any atom is 0.246 e. The van der Waals surface area contributed by atoms with Crippen molar-refractivity contribution in [3.8, 4) is 23.0 Å². The second kappa shape index (κ2) is 9.34. The fourth-order valence-corrected chi connectivity index (χ4v) is 5.59. The van der Waals surface area contributed by atoms with Crippen molar-refractivity contribution in [2.24, 2.45) is 0 Å². The van der Waals surface area contributed by atoms with Gasteiger partial charge < -0.3 is 23.8 Å². The monoisotopic (exact) mass is 497 g/mol. The molecule has 0 bridgehead atoms. The lowest BCUT2D eigenvalue weighted by atomic mass is 10.0. The standard InChI is InChI=1S/C26H29NO5S.C2H6/c1-14-15(2)23-24(16(3)22(14)28)33-13-26(6,31-23)21-12-18(27-32-21)9-7-17-8-10-19-20(11-17)30-25(4,5)29-19;1-2/h8,10-12,28H,7,9,13H2,1-6H3;1-2H3. The van der Waals surface area contributed by atoms with E-state index in [1.807, 2.05) is 73.6 Å². The van der Waals surface area contributed by atoms with E-state index in [9.17, 15) is 5.11 Å². The molecule has 0 saturated heterocycles. The zero-order valence-electron chi connectivity index (χ0n) is 21.9. The Morgan fingerprint density at radius 1 is 0.914 bits per heavy atom.